The molecule has 7 heteroatoms. The van der Waals surface area contributed by atoms with Gasteiger partial charge in [-0.15, -0.1) is 0 Å². The summed E-state index contributed by atoms with van der Waals surface area (Å²) >= 11 is 0. The summed E-state index contributed by atoms with van der Waals surface area (Å²) in [5.41, 5.74) is 2.66. The van der Waals surface area contributed by atoms with E-state index in [2.05, 4.69) is 15.7 Å². The average molecular weight is 341 g/mol. The quantitative estimate of drug-likeness (QED) is 0.860. The molecule has 1 saturated heterocycles. The first-order valence-electron chi connectivity index (χ1n) is 8.43. The fraction of sp³-hybridized carbons (Fsp3) is 0.389. The van der Waals surface area contributed by atoms with Crippen LogP contribution in [0, 0.1) is 0 Å². The van der Waals surface area contributed by atoms with Crippen LogP contribution in [-0.4, -0.2) is 41.2 Å². The topological polar surface area (TPSA) is 79.3 Å². The number of hydrogen-bond donors (Lipinski definition) is 2. The van der Waals surface area contributed by atoms with Crippen LogP contribution in [0.1, 0.15) is 18.4 Å². The molecule has 1 atom stereocenters. The lowest BCUT2D eigenvalue weighted by atomic mass is 10.0. The number of nitrogens with zero attached hydrogens (tertiary/aromatic N) is 3. The molecule has 1 aromatic carbocycles. The van der Waals surface area contributed by atoms with E-state index in [9.17, 15) is 9.59 Å². The third-order valence-corrected chi connectivity index (χ3v) is 4.38. The Kier molecular flexibility index (Phi) is 5.02. The third kappa shape index (κ3) is 3.99. The van der Waals surface area contributed by atoms with Gasteiger partial charge in [0.05, 0.1) is 18.3 Å². The summed E-state index contributed by atoms with van der Waals surface area (Å²) in [5.74, 6) is 0.0453. The summed E-state index contributed by atoms with van der Waals surface area (Å²) in [6, 6.07) is 7.38. The van der Waals surface area contributed by atoms with Gasteiger partial charge in [0.25, 0.3) is 0 Å². The molecule has 0 aliphatic carbocycles. The lowest BCUT2D eigenvalue weighted by Crippen LogP contribution is -2.47. The summed E-state index contributed by atoms with van der Waals surface area (Å²) in [6.45, 7) is 0.716. The summed E-state index contributed by atoms with van der Waals surface area (Å²) < 4.78 is 1.70. The Morgan fingerprint density at radius 3 is 2.72 bits per heavy atom. The average Bonchev–Trinajstić information content (AvgIpc) is 3.04. The first-order valence-corrected chi connectivity index (χ1v) is 8.43. The molecular formula is C18H23N5O2. The first-order chi connectivity index (χ1) is 12.1. The van der Waals surface area contributed by atoms with E-state index in [1.165, 1.54) is 0 Å². The van der Waals surface area contributed by atoms with Gasteiger partial charge in [0, 0.05) is 32.5 Å². The van der Waals surface area contributed by atoms with Crippen LogP contribution in [0.3, 0.4) is 0 Å². The minimum Gasteiger partial charge on any atom is -0.374 e. The fourth-order valence-corrected chi connectivity index (χ4v) is 3.01. The molecule has 1 fully saturated rings. The number of rotatable bonds is 5. The maximum absolute atomic E-state index is 12.8. The summed E-state index contributed by atoms with van der Waals surface area (Å²) in [7, 11) is 3.47. The monoisotopic (exact) mass is 341 g/mol. The highest BCUT2D eigenvalue weighted by atomic mass is 16.2. The van der Waals surface area contributed by atoms with Gasteiger partial charge in [-0.3, -0.25) is 14.3 Å². The van der Waals surface area contributed by atoms with Crippen LogP contribution in [0.5, 0.6) is 0 Å². The Bertz CT molecular complexity index is 753. The van der Waals surface area contributed by atoms with Gasteiger partial charge in [-0.2, -0.15) is 5.10 Å². The van der Waals surface area contributed by atoms with Crippen LogP contribution >= 0.6 is 0 Å². The van der Waals surface area contributed by atoms with Gasteiger partial charge in [-0.1, -0.05) is 12.1 Å². The molecular weight excluding hydrogens is 318 g/mol. The molecule has 1 aliphatic heterocycles. The van der Waals surface area contributed by atoms with Crippen LogP contribution < -0.4 is 15.5 Å². The van der Waals surface area contributed by atoms with Crippen molar-refractivity contribution in [3.8, 4) is 0 Å². The van der Waals surface area contributed by atoms with E-state index in [-0.39, 0.29) is 17.9 Å². The molecule has 0 unspecified atom stereocenters. The lowest BCUT2D eigenvalue weighted by Gasteiger charge is -2.32. The van der Waals surface area contributed by atoms with Crippen LogP contribution in [0.25, 0.3) is 0 Å². The van der Waals surface area contributed by atoms with E-state index < -0.39 is 0 Å². The van der Waals surface area contributed by atoms with Crippen LogP contribution in [-0.2, 0) is 23.1 Å². The predicted molar refractivity (Wildman–Crippen MR) is 96.4 cm³/mol. The zero-order chi connectivity index (χ0) is 17.8. The van der Waals surface area contributed by atoms with E-state index in [0.717, 1.165) is 29.8 Å². The molecule has 3 rings (SSSR count). The van der Waals surface area contributed by atoms with E-state index in [4.69, 9.17) is 0 Å². The highest BCUT2D eigenvalue weighted by molar-refractivity contribution is 5.99. The van der Waals surface area contributed by atoms with Crippen molar-refractivity contribution in [2.45, 2.75) is 25.3 Å². The first kappa shape index (κ1) is 17.0. The lowest BCUT2D eigenvalue weighted by molar-refractivity contribution is -0.121. The molecule has 0 spiro atoms. The van der Waals surface area contributed by atoms with E-state index in [1.54, 1.807) is 22.8 Å². The molecule has 2 amide bonds. The number of carbonyl (C=O) groups excluding carboxylic acids is 2. The zero-order valence-corrected chi connectivity index (χ0v) is 14.5. The van der Waals surface area contributed by atoms with Crippen molar-refractivity contribution in [2.75, 3.05) is 23.8 Å². The second kappa shape index (κ2) is 7.38. The van der Waals surface area contributed by atoms with Crippen LogP contribution in [0.15, 0.2) is 36.7 Å². The van der Waals surface area contributed by atoms with Gasteiger partial charge >= 0.3 is 0 Å². The predicted octanol–water partition coefficient (Wildman–Crippen LogP) is 1.32. The Balaban J connectivity index is 1.65. The van der Waals surface area contributed by atoms with Crippen LogP contribution in [0.4, 0.5) is 11.4 Å². The van der Waals surface area contributed by atoms with Crippen molar-refractivity contribution < 1.29 is 9.59 Å². The summed E-state index contributed by atoms with van der Waals surface area (Å²) in [5, 5.41) is 10.1. The van der Waals surface area contributed by atoms with Gasteiger partial charge in [-0.25, -0.2) is 0 Å². The van der Waals surface area contributed by atoms with E-state index in [1.807, 2.05) is 37.5 Å². The number of aromatic nitrogens is 2. The number of anilines is 2. The standard InChI is InChI=1S/C18H23N5O2/c1-19-17(24)10-13-5-7-14(8-6-13)21-16-4-3-9-23(18(16)25)15-11-20-22(2)12-15/h5-8,11-12,16,21H,3-4,9-10H2,1-2H3,(H,19,24)/t16-/m0/s1. The highest BCUT2D eigenvalue weighted by Crippen LogP contribution is 2.23. The molecule has 1 aliphatic rings. The summed E-state index contributed by atoms with van der Waals surface area (Å²) in [6.07, 6.45) is 5.66. The van der Waals surface area contributed by atoms with Gasteiger partial charge in [0.2, 0.25) is 11.8 Å². The molecule has 2 N–H and O–H groups in total. The number of likely N-dealkylation sites (N-methyl/N-ethyl adjacent to an activating group) is 1. The number of amides is 2. The van der Waals surface area contributed by atoms with Gasteiger partial charge in [-0.05, 0) is 30.5 Å². The molecule has 0 radical (unpaired) electrons. The van der Waals surface area contributed by atoms with E-state index in [0.29, 0.717) is 13.0 Å². The van der Waals surface area contributed by atoms with Crippen molar-refractivity contribution in [1.29, 1.82) is 0 Å². The van der Waals surface area contributed by atoms with Crippen molar-refractivity contribution in [2.24, 2.45) is 7.05 Å². The number of aryl methyl sites for hydroxylation is 1. The van der Waals surface area contributed by atoms with Crippen molar-refractivity contribution in [3.05, 3.63) is 42.2 Å². The second-order valence-corrected chi connectivity index (χ2v) is 6.25. The van der Waals surface area contributed by atoms with Crippen molar-refractivity contribution in [3.63, 3.8) is 0 Å². The fourth-order valence-electron chi connectivity index (χ4n) is 3.01. The minimum absolute atomic E-state index is 0.0183. The van der Waals surface area contributed by atoms with Gasteiger partial charge < -0.3 is 15.5 Å². The molecule has 1 aromatic heterocycles. The van der Waals surface area contributed by atoms with Gasteiger partial charge in [0.1, 0.15) is 6.04 Å². The number of carbonyl (C=O) groups is 2. The maximum atomic E-state index is 12.8. The molecule has 0 bridgehead atoms. The molecule has 132 valence electrons. The molecule has 2 heterocycles. The zero-order valence-electron chi connectivity index (χ0n) is 14.5. The van der Waals surface area contributed by atoms with E-state index >= 15 is 0 Å². The molecule has 0 saturated carbocycles. The Morgan fingerprint density at radius 1 is 1.32 bits per heavy atom. The van der Waals surface area contributed by atoms with Crippen LogP contribution in [0.2, 0.25) is 0 Å². The molecule has 25 heavy (non-hydrogen) atoms. The maximum Gasteiger partial charge on any atom is 0.249 e. The normalized spacial score (nSPS) is 17.4. The Morgan fingerprint density at radius 2 is 2.08 bits per heavy atom. The largest absolute Gasteiger partial charge is 0.374 e. The number of benzene rings is 1. The summed E-state index contributed by atoms with van der Waals surface area (Å²) in [4.78, 5) is 26.0. The highest BCUT2D eigenvalue weighted by Gasteiger charge is 2.30. The Hall–Kier alpha value is -2.83. The third-order valence-electron chi connectivity index (χ3n) is 4.38. The smallest absolute Gasteiger partial charge is 0.249 e. The van der Waals surface area contributed by atoms with Gasteiger partial charge in [0.15, 0.2) is 0 Å². The number of hydrogen-bond acceptors (Lipinski definition) is 4. The molecule has 2 aromatic rings. The number of piperidine rings is 1. The Labute approximate surface area is 147 Å². The SMILES string of the molecule is CNC(=O)Cc1ccc(N[C@H]2CCCN(c3cnn(C)c3)C2=O)cc1. The van der Waals surface area contributed by atoms with Crippen molar-refractivity contribution >= 4 is 23.2 Å². The van der Waals surface area contributed by atoms with Crippen molar-refractivity contribution in [1.82, 2.24) is 15.1 Å². The second-order valence-electron chi connectivity index (χ2n) is 6.25. The minimum atomic E-state index is -0.251. The molecule has 7 nitrogen and oxygen atoms in total. The number of nitrogens with one attached hydrogen (secondary N) is 2.